The van der Waals surface area contributed by atoms with Crippen LogP contribution >= 0.6 is 11.6 Å². The number of anilines is 2. The molecule has 0 bridgehead atoms. The number of hydrogen-bond donors (Lipinski definition) is 2. The van der Waals surface area contributed by atoms with Gasteiger partial charge in [0.05, 0.1) is 23.5 Å². The first-order chi connectivity index (χ1) is 19.8. The molecule has 4 aromatic rings. The highest BCUT2D eigenvalue weighted by atomic mass is 35.5. The molecule has 2 aliphatic heterocycles. The standard InChI is InChI=1S/C31H27ClF2N6O/c1-17-15-40(16-18(2)37-17)30(41)19-6-9-22(10-7-19)38-31-36-14-20-13-35-29(27-25(33)4-3-5-26(27)34)24-12-21(32)8-11-23(24)28(20)39-31/h3-12,14,17-18,37H,13,15-16H2,1-2H3,(H,36,38,39). The van der Waals surface area contributed by atoms with Crippen molar-refractivity contribution < 1.29 is 13.6 Å². The van der Waals surface area contributed by atoms with Crippen molar-refractivity contribution in [2.24, 2.45) is 4.99 Å². The summed E-state index contributed by atoms with van der Waals surface area (Å²) < 4.78 is 29.6. The van der Waals surface area contributed by atoms with Gasteiger partial charge in [0.1, 0.15) is 11.6 Å². The first-order valence-electron chi connectivity index (χ1n) is 13.3. The van der Waals surface area contributed by atoms with E-state index in [2.05, 4.69) is 34.5 Å². The molecule has 2 aliphatic rings. The fourth-order valence-electron chi connectivity index (χ4n) is 5.42. The number of amides is 1. The molecular formula is C31H27ClF2N6O. The minimum Gasteiger partial charge on any atom is -0.336 e. The van der Waals surface area contributed by atoms with Crippen molar-refractivity contribution in [1.29, 1.82) is 0 Å². The second-order valence-corrected chi connectivity index (χ2v) is 10.8. The second kappa shape index (κ2) is 11.0. The number of rotatable bonds is 4. The number of aliphatic imine (C=N–C) groups is 1. The number of nitrogens with zero attached hydrogens (tertiary/aromatic N) is 4. The smallest absolute Gasteiger partial charge is 0.253 e. The number of halogens is 3. The van der Waals surface area contributed by atoms with Gasteiger partial charge in [0.2, 0.25) is 5.95 Å². The van der Waals surface area contributed by atoms with Crippen LogP contribution in [0, 0.1) is 11.6 Å². The minimum absolute atomic E-state index is 0.00427. The third kappa shape index (κ3) is 5.42. The zero-order chi connectivity index (χ0) is 28.7. The lowest BCUT2D eigenvalue weighted by Gasteiger charge is -2.36. The largest absolute Gasteiger partial charge is 0.336 e. The number of carbonyl (C=O) groups excluding carboxylic acids is 1. The normalized spacial score (nSPS) is 18.2. The summed E-state index contributed by atoms with van der Waals surface area (Å²) in [6.45, 7) is 5.59. The van der Waals surface area contributed by atoms with E-state index in [9.17, 15) is 13.6 Å². The summed E-state index contributed by atoms with van der Waals surface area (Å²) in [5.41, 5.74) is 3.66. The molecule has 0 radical (unpaired) electrons. The Bertz CT molecular complexity index is 1650. The van der Waals surface area contributed by atoms with E-state index < -0.39 is 11.6 Å². The highest BCUT2D eigenvalue weighted by Crippen LogP contribution is 2.34. The average molecular weight is 573 g/mol. The Morgan fingerprint density at radius 2 is 1.71 bits per heavy atom. The van der Waals surface area contributed by atoms with Gasteiger partial charge in [-0.3, -0.25) is 9.79 Å². The third-order valence-electron chi connectivity index (χ3n) is 7.20. The Kier molecular flexibility index (Phi) is 7.23. The summed E-state index contributed by atoms with van der Waals surface area (Å²) >= 11 is 6.31. The maximum Gasteiger partial charge on any atom is 0.253 e. The Morgan fingerprint density at radius 1 is 1.00 bits per heavy atom. The van der Waals surface area contributed by atoms with Gasteiger partial charge in [0.25, 0.3) is 5.91 Å². The fraction of sp³-hybridized carbons (Fsp3) is 0.226. The molecule has 0 saturated carbocycles. The maximum atomic E-state index is 14.8. The summed E-state index contributed by atoms with van der Waals surface area (Å²) in [6, 6.07) is 16.5. The molecular weight excluding hydrogens is 546 g/mol. The Labute approximate surface area is 241 Å². The number of fused-ring (bicyclic) bond motifs is 3. The number of nitrogens with one attached hydrogen (secondary N) is 2. The summed E-state index contributed by atoms with van der Waals surface area (Å²) in [4.78, 5) is 28.7. The lowest BCUT2D eigenvalue weighted by molar-refractivity contribution is 0.0674. The van der Waals surface area contributed by atoms with Gasteiger partial charge in [-0.05, 0) is 62.4 Å². The van der Waals surface area contributed by atoms with Crippen molar-refractivity contribution in [3.05, 3.63) is 106 Å². The van der Waals surface area contributed by atoms with Crippen molar-refractivity contribution in [3.8, 4) is 11.3 Å². The van der Waals surface area contributed by atoms with E-state index in [1.54, 1.807) is 36.5 Å². The van der Waals surface area contributed by atoms with Crippen molar-refractivity contribution in [1.82, 2.24) is 20.2 Å². The van der Waals surface area contributed by atoms with E-state index in [0.717, 1.165) is 0 Å². The number of piperazine rings is 1. The van der Waals surface area contributed by atoms with Crippen molar-refractivity contribution in [3.63, 3.8) is 0 Å². The Morgan fingerprint density at radius 3 is 2.41 bits per heavy atom. The number of carbonyl (C=O) groups is 1. The number of aromatic nitrogens is 2. The van der Waals surface area contributed by atoms with Gasteiger partial charge in [-0.1, -0.05) is 23.7 Å². The molecule has 6 rings (SSSR count). The van der Waals surface area contributed by atoms with E-state index >= 15 is 0 Å². The van der Waals surface area contributed by atoms with E-state index in [-0.39, 0.29) is 35.8 Å². The van der Waals surface area contributed by atoms with Crippen molar-refractivity contribution >= 4 is 34.9 Å². The van der Waals surface area contributed by atoms with Gasteiger partial charge >= 0.3 is 0 Å². The molecule has 1 aromatic heterocycles. The minimum atomic E-state index is -0.711. The predicted molar refractivity (Wildman–Crippen MR) is 156 cm³/mol. The molecule has 10 heteroatoms. The molecule has 208 valence electrons. The van der Waals surface area contributed by atoms with Crippen molar-refractivity contribution in [2.75, 3.05) is 18.4 Å². The summed E-state index contributed by atoms with van der Waals surface area (Å²) in [7, 11) is 0. The first kappa shape index (κ1) is 27.0. The highest BCUT2D eigenvalue weighted by molar-refractivity contribution is 6.31. The fourth-order valence-corrected chi connectivity index (χ4v) is 5.59. The monoisotopic (exact) mass is 572 g/mol. The van der Waals surface area contributed by atoms with Crippen LogP contribution in [-0.4, -0.2) is 51.7 Å². The summed E-state index contributed by atoms with van der Waals surface area (Å²) in [5.74, 6) is -1.10. The van der Waals surface area contributed by atoms with Crippen LogP contribution in [0.4, 0.5) is 20.4 Å². The third-order valence-corrected chi connectivity index (χ3v) is 7.43. The van der Waals surface area contributed by atoms with Crippen LogP contribution in [0.15, 0.2) is 71.9 Å². The molecule has 2 unspecified atom stereocenters. The van der Waals surface area contributed by atoms with E-state index in [1.807, 2.05) is 17.0 Å². The summed E-state index contributed by atoms with van der Waals surface area (Å²) in [5, 5.41) is 7.04. The zero-order valence-corrected chi connectivity index (χ0v) is 23.2. The van der Waals surface area contributed by atoms with Crippen LogP contribution in [-0.2, 0) is 6.54 Å². The van der Waals surface area contributed by atoms with Crippen LogP contribution in [0.1, 0.15) is 40.9 Å². The molecule has 41 heavy (non-hydrogen) atoms. The highest BCUT2D eigenvalue weighted by Gasteiger charge is 2.27. The molecule has 0 aliphatic carbocycles. The molecule has 2 N–H and O–H groups in total. The van der Waals surface area contributed by atoms with Crippen LogP contribution in [0.25, 0.3) is 11.3 Å². The first-order valence-corrected chi connectivity index (χ1v) is 13.7. The molecule has 3 aromatic carbocycles. The maximum absolute atomic E-state index is 14.8. The molecule has 1 amide bonds. The van der Waals surface area contributed by atoms with Crippen molar-refractivity contribution in [2.45, 2.75) is 32.5 Å². The van der Waals surface area contributed by atoms with Crippen LogP contribution < -0.4 is 10.6 Å². The lowest BCUT2D eigenvalue weighted by Crippen LogP contribution is -2.55. The number of hydrogen-bond acceptors (Lipinski definition) is 6. The molecule has 1 saturated heterocycles. The molecule has 1 fully saturated rings. The van der Waals surface area contributed by atoms with Gasteiger partial charge in [-0.25, -0.2) is 18.7 Å². The van der Waals surface area contributed by atoms with Gasteiger partial charge in [-0.2, -0.15) is 0 Å². The van der Waals surface area contributed by atoms with Crippen LogP contribution in [0.2, 0.25) is 5.02 Å². The average Bonchev–Trinajstić information content (AvgIpc) is 3.09. The van der Waals surface area contributed by atoms with Crippen LogP contribution in [0.5, 0.6) is 0 Å². The van der Waals surface area contributed by atoms with Gasteiger partial charge < -0.3 is 15.5 Å². The molecule has 3 heterocycles. The van der Waals surface area contributed by atoms with E-state index in [4.69, 9.17) is 16.6 Å². The van der Waals surface area contributed by atoms with E-state index in [0.29, 0.717) is 57.7 Å². The van der Waals surface area contributed by atoms with Gasteiger partial charge in [0.15, 0.2) is 0 Å². The quantitative estimate of drug-likeness (QED) is 0.314. The predicted octanol–water partition coefficient (Wildman–Crippen LogP) is 5.99. The Balaban J connectivity index is 1.29. The van der Waals surface area contributed by atoms with Gasteiger partial charge in [-0.15, -0.1) is 0 Å². The Hall–Kier alpha value is -4.21. The number of benzene rings is 3. The van der Waals surface area contributed by atoms with Crippen LogP contribution in [0.3, 0.4) is 0 Å². The van der Waals surface area contributed by atoms with E-state index in [1.165, 1.54) is 18.2 Å². The van der Waals surface area contributed by atoms with Gasteiger partial charge in [0, 0.05) is 64.3 Å². The lowest BCUT2D eigenvalue weighted by atomic mass is 9.95. The SMILES string of the molecule is CC1CN(C(=O)c2ccc(Nc3ncc4c(n3)-c3ccc(Cl)cc3C(c3c(F)cccc3F)=NC4)cc2)CC(C)N1. The topological polar surface area (TPSA) is 82.5 Å². The zero-order valence-electron chi connectivity index (χ0n) is 22.5. The summed E-state index contributed by atoms with van der Waals surface area (Å²) in [6.07, 6.45) is 1.65. The second-order valence-electron chi connectivity index (χ2n) is 10.4. The molecule has 0 spiro atoms. The molecule has 7 nitrogen and oxygen atoms in total. The molecule has 2 atom stereocenters.